The molecule has 0 radical (unpaired) electrons. The predicted octanol–water partition coefficient (Wildman–Crippen LogP) is 3.37. The molecule has 7 rings (SSSR count). The highest BCUT2D eigenvalue weighted by Gasteiger charge is 2.87. The third-order valence-electron chi connectivity index (χ3n) is 11.2. The molecule has 150 valence electrons. The summed E-state index contributed by atoms with van der Waals surface area (Å²) in [6.45, 7) is 6.03. The number of methoxy groups -OCH3 is 1. The fraction of sp³-hybridized carbons (Fsp3) is 0.957. The van der Waals surface area contributed by atoms with E-state index in [1.54, 1.807) is 0 Å². The van der Waals surface area contributed by atoms with Crippen molar-refractivity contribution in [2.75, 3.05) is 13.7 Å². The minimum absolute atomic E-state index is 0.0462. The van der Waals surface area contributed by atoms with E-state index in [9.17, 15) is 9.90 Å². The average molecular weight is 374 g/mol. The van der Waals surface area contributed by atoms with Gasteiger partial charge in [-0.3, -0.25) is 9.69 Å². The maximum atomic E-state index is 12.4. The van der Waals surface area contributed by atoms with Crippen molar-refractivity contribution in [3.63, 3.8) is 0 Å². The molecule has 0 amide bonds. The molecule has 3 saturated heterocycles. The standard InChI is InChI=1S/C23H35NO3/c1-14-13-24-18-15(14)6-9-20(2)22(18,10-7-17(25)27-3)16-5-4-8-21(16)11-12-23(20,26)19(21)24/h14-16,18-19,26H,4-13H2,1-3H3/t14-,15-,16-,18+,19?,20-,21-,22+,23?/m1/s1. The van der Waals surface area contributed by atoms with E-state index in [1.807, 2.05) is 0 Å². The van der Waals surface area contributed by atoms with Crippen molar-refractivity contribution in [3.8, 4) is 0 Å². The molecule has 2 unspecified atom stereocenters. The Bertz CT molecular complexity index is 710. The number of rotatable bonds is 3. The molecule has 9 atom stereocenters. The first-order chi connectivity index (χ1) is 12.9. The molecule has 3 heterocycles. The van der Waals surface area contributed by atoms with Gasteiger partial charge in [-0.2, -0.15) is 0 Å². The van der Waals surface area contributed by atoms with Crippen molar-refractivity contribution >= 4 is 5.97 Å². The normalized spacial score (nSPS) is 59.9. The Morgan fingerprint density at radius 1 is 1.22 bits per heavy atom. The van der Waals surface area contributed by atoms with Crippen molar-refractivity contribution in [1.82, 2.24) is 4.90 Å². The van der Waals surface area contributed by atoms with Gasteiger partial charge >= 0.3 is 5.97 Å². The third-order valence-corrected chi connectivity index (χ3v) is 11.2. The Morgan fingerprint density at radius 2 is 2.04 bits per heavy atom. The molecule has 4 aliphatic carbocycles. The highest BCUT2D eigenvalue weighted by molar-refractivity contribution is 5.69. The summed E-state index contributed by atoms with van der Waals surface area (Å²) in [7, 11) is 1.52. The number of hydrogen-bond acceptors (Lipinski definition) is 4. The molecule has 1 N–H and O–H groups in total. The largest absolute Gasteiger partial charge is 0.469 e. The first kappa shape index (κ1) is 17.3. The van der Waals surface area contributed by atoms with E-state index >= 15 is 0 Å². The molecule has 0 aromatic carbocycles. The zero-order valence-corrected chi connectivity index (χ0v) is 17.2. The Morgan fingerprint density at radius 3 is 2.81 bits per heavy atom. The number of carbonyl (C=O) groups excluding carboxylic acids is 1. The summed E-state index contributed by atoms with van der Waals surface area (Å²) in [5.41, 5.74) is -0.205. The SMILES string of the molecule is COC(=O)CC[C@]12[C@@H]3[C@@H]4CC[C@@]1(C)C1(O)CC[C@@]5(CCC[C@H]52)C1N3C[C@H]4C. The number of ether oxygens (including phenoxy) is 1. The van der Waals surface area contributed by atoms with Crippen LogP contribution in [0, 0.1) is 34.0 Å². The van der Waals surface area contributed by atoms with Gasteiger partial charge < -0.3 is 9.84 Å². The molecule has 4 heteroatoms. The van der Waals surface area contributed by atoms with Crippen LogP contribution in [0.3, 0.4) is 0 Å². The zero-order valence-electron chi connectivity index (χ0n) is 17.2. The molecule has 7 fully saturated rings. The summed E-state index contributed by atoms with van der Waals surface area (Å²) in [5.74, 6) is 2.10. The maximum Gasteiger partial charge on any atom is 0.305 e. The lowest BCUT2D eigenvalue weighted by Gasteiger charge is -2.78. The fourth-order valence-electron chi connectivity index (χ4n) is 10.6. The average Bonchev–Trinajstić information content (AvgIpc) is 3.30. The van der Waals surface area contributed by atoms with Crippen LogP contribution in [0.5, 0.6) is 0 Å². The number of esters is 1. The van der Waals surface area contributed by atoms with Gasteiger partial charge in [0, 0.05) is 30.5 Å². The Labute approximate surface area is 163 Å². The Hall–Kier alpha value is -0.610. The number of aliphatic hydroxyl groups is 1. The second kappa shape index (κ2) is 4.92. The lowest BCUT2D eigenvalue weighted by atomic mass is 9.33. The van der Waals surface area contributed by atoms with E-state index in [0.717, 1.165) is 37.6 Å². The van der Waals surface area contributed by atoms with Gasteiger partial charge in [0.1, 0.15) is 0 Å². The summed E-state index contributed by atoms with van der Waals surface area (Å²) in [6.07, 6.45) is 9.95. The van der Waals surface area contributed by atoms with Crippen molar-refractivity contribution in [1.29, 1.82) is 0 Å². The highest BCUT2D eigenvalue weighted by atomic mass is 16.5. The van der Waals surface area contributed by atoms with Gasteiger partial charge in [-0.15, -0.1) is 0 Å². The van der Waals surface area contributed by atoms with E-state index in [2.05, 4.69) is 18.7 Å². The summed E-state index contributed by atoms with van der Waals surface area (Å²) >= 11 is 0. The summed E-state index contributed by atoms with van der Waals surface area (Å²) in [4.78, 5) is 15.1. The van der Waals surface area contributed by atoms with Crippen LogP contribution < -0.4 is 0 Å². The van der Waals surface area contributed by atoms with E-state index in [1.165, 1.54) is 39.2 Å². The first-order valence-electron chi connectivity index (χ1n) is 11.4. The fourth-order valence-corrected chi connectivity index (χ4v) is 10.6. The Kier molecular flexibility index (Phi) is 3.15. The lowest BCUT2D eigenvalue weighted by molar-refractivity contribution is -0.337. The van der Waals surface area contributed by atoms with Crippen LogP contribution in [0.1, 0.15) is 71.6 Å². The van der Waals surface area contributed by atoms with Gasteiger partial charge in [-0.1, -0.05) is 20.3 Å². The quantitative estimate of drug-likeness (QED) is 0.771. The Balaban J connectivity index is 1.59. The molecule has 1 spiro atoms. The minimum Gasteiger partial charge on any atom is -0.469 e. The number of hydrogen-bond donors (Lipinski definition) is 1. The van der Waals surface area contributed by atoms with Crippen LogP contribution >= 0.6 is 0 Å². The van der Waals surface area contributed by atoms with E-state index < -0.39 is 5.60 Å². The van der Waals surface area contributed by atoms with Crippen molar-refractivity contribution < 1.29 is 14.6 Å². The first-order valence-corrected chi connectivity index (χ1v) is 11.4. The van der Waals surface area contributed by atoms with Crippen LogP contribution in [0.2, 0.25) is 0 Å². The molecular weight excluding hydrogens is 338 g/mol. The molecule has 27 heavy (non-hydrogen) atoms. The lowest BCUT2D eigenvalue weighted by Crippen LogP contribution is -2.84. The van der Waals surface area contributed by atoms with Gasteiger partial charge in [0.2, 0.25) is 0 Å². The molecule has 4 nitrogen and oxygen atoms in total. The highest BCUT2D eigenvalue weighted by Crippen LogP contribution is 2.84. The van der Waals surface area contributed by atoms with E-state index in [0.29, 0.717) is 29.8 Å². The summed E-state index contributed by atoms with van der Waals surface area (Å²) < 4.78 is 5.08. The van der Waals surface area contributed by atoms with Crippen molar-refractivity contribution in [3.05, 3.63) is 0 Å². The van der Waals surface area contributed by atoms with Crippen LogP contribution in [0.4, 0.5) is 0 Å². The number of piperidine rings is 2. The van der Waals surface area contributed by atoms with E-state index in [-0.39, 0.29) is 16.8 Å². The second-order valence-corrected chi connectivity index (χ2v) is 11.3. The summed E-state index contributed by atoms with van der Waals surface area (Å²) in [5, 5.41) is 12.4. The zero-order chi connectivity index (χ0) is 18.8. The van der Waals surface area contributed by atoms with Gasteiger partial charge in [0.25, 0.3) is 0 Å². The smallest absolute Gasteiger partial charge is 0.305 e. The molecule has 7 aliphatic rings. The van der Waals surface area contributed by atoms with Crippen molar-refractivity contribution in [2.24, 2.45) is 34.0 Å². The number of carbonyl (C=O) groups is 1. The van der Waals surface area contributed by atoms with Crippen LogP contribution in [-0.4, -0.2) is 47.3 Å². The van der Waals surface area contributed by atoms with Gasteiger partial charge in [0.15, 0.2) is 0 Å². The topological polar surface area (TPSA) is 49.8 Å². The van der Waals surface area contributed by atoms with Crippen LogP contribution in [0.25, 0.3) is 0 Å². The molecule has 3 aliphatic heterocycles. The van der Waals surface area contributed by atoms with Crippen LogP contribution in [0.15, 0.2) is 0 Å². The van der Waals surface area contributed by atoms with E-state index in [4.69, 9.17) is 4.74 Å². The molecular formula is C23H35NO3. The molecule has 6 bridgehead atoms. The molecule has 4 saturated carbocycles. The predicted molar refractivity (Wildman–Crippen MR) is 102 cm³/mol. The second-order valence-electron chi connectivity index (χ2n) is 11.3. The van der Waals surface area contributed by atoms with Gasteiger partial charge in [-0.05, 0) is 73.5 Å². The monoisotopic (exact) mass is 373 g/mol. The number of nitrogens with zero attached hydrogens (tertiary/aromatic N) is 1. The van der Waals surface area contributed by atoms with Crippen molar-refractivity contribution in [2.45, 2.75) is 89.3 Å². The van der Waals surface area contributed by atoms with Gasteiger partial charge in [-0.25, -0.2) is 0 Å². The minimum atomic E-state index is -0.560. The maximum absolute atomic E-state index is 12.4. The third kappa shape index (κ3) is 1.53. The van der Waals surface area contributed by atoms with Crippen LogP contribution in [-0.2, 0) is 9.53 Å². The molecule has 0 aromatic heterocycles. The van der Waals surface area contributed by atoms with Gasteiger partial charge in [0.05, 0.1) is 12.7 Å². The summed E-state index contributed by atoms with van der Waals surface area (Å²) in [6, 6.07) is 0.954. The molecule has 0 aromatic rings.